The zero-order valence-corrected chi connectivity index (χ0v) is 13.1. The molecule has 0 aliphatic heterocycles. The highest BCUT2D eigenvalue weighted by atomic mass is 35.5. The lowest BCUT2D eigenvalue weighted by Crippen LogP contribution is -2.02. The van der Waals surface area contributed by atoms with E-state index in [2.05, 4.69) is 15.6 Å². The molecule has 2 aromatic heterocycles. The van der Waals surface area contributed by atoms with E-state index in [9.17, 15) is 0 Å². The molecule has 4 rings (SSSR count). The summed E-state index contributed by atoms with van der Waals surface area (Å²) in [5.41, 5.74) is 4.36. The highest BCUT2D eigenvalue weighted by molar-refractivity contribution is 6.30. The monoisotopic (exact) mass is 319 g/mol. The van der Waals surface area contributed by atoms with Crippen molar-refractivity contribution in [3.8, 4) is 11.4 Å². The lowest BCUT2D eigenvalue weighted by atomic mass is 10.2. The zero-order valence-electron chi connectivity index (χ0n) is 12.4. The predicted octanol–water partition coefficient (Wildman–Crippen LogP) is 4.80. The standard InChI is InChI=1S/C19H14ClN3/c20-16-7-5-14(6-8-16)13-23-18-4-2-1-3-17(18)22-19(23)15-9-11-21-12-10-15/h1-12H,13H2. The summed E-state index contributed by atoms with van der Waals surface area (Å²) in [6.07, 6.45) is 3.59. The van der Waals surface area contributed by atoms with Gasteiger partial charge in [-0.05, 0) is 42.0 Å². The van der Waals surface area contributed by atoms with Crippen molar-refractivity contribution in [2.24, 2.45) is 0 Å². The first-order valence-corrected chi connectivity index (χ1v) is 7.79. The summed E-state index contributed by atoms with van der Waals surface area (Å²) in [7, 11) is 0. The van der Waals surface area contributed by atoms with Gasteiger partial charge < -0.3 is 4.57 Å². The number of imidazole rings is 1. The average molecular weight is 320 g/mol. The lowest BCUT2D eigenvalue weighted by Gasteiger charge is -2.09. The van der Waals surface area contributed by atoms with E-state index in [0.717, 1.165) is 34.0 Å². The first-order valence-electron chi connectivity index (χ1n) is 7.41. The molecule has 0 amide bonds. The minimum Gasteiger partial charge on any atom is -0.319 e. The van der Waals surface area contributed by atoms with E-state index in [0.29, 0.717) is 0 Å². The van der Waals surface area contributed by atoms with Gasteiger partial charge in [-0.1, -0.05) is 35.9 Å². The van der Waals surface area contributed by atoms with Gasteiger partial charge in [-0.25, -0.2) is 4.98 Å². The van der Waals surface area contributed by atoms with Crippen LogP contribution in [0.25, 0.3) is 22.4 Å². The first-order chi connectivity index (χ1) is 11.3. The SMILES string of the molecule is Clc1ccc(Cn2c(-c3ccncc3)nc3ccccc32)cc1. The molecule has 0 saturated carbocycles. The number of fused-ring (bicyclic) bond motifs is 1. The van der Waals surface area contributed by atoms with Gasteiger partial charge in [-0.15, -0.1) is 0 Å². The lowest BCUT2D eigenvalue weighted by molar-refractivity contribution is 0.834. The topological polar surface area (TPSA) is 30.7 Å². The Morgan fingerprint density at radius 2 is 1.61 bits per heavy atom. The summed E-state index contributed by atoms with van der Waals surface area (Å²) in [5.74, 6) is 0.948. The van der Waals surface area contributed by atoms with E-state index in [4.69, 9.17) is 16.6 Å². The van der Waals surface area contributed by atoms with E-state index in [1.165, 1.54) is 5.56 Å². The van der Waals surface area contributed by atoms with Crippen LogP contribution in [0.1, 0.15) is 5.56 Å². The molecule has 0 unspecified atom stereocenters. The van der Waals surface area contributed by atoms with Crippen LogP contribution in [-0.4, -0.2) is 14.5 Å². The number of para-hydroxylation sites is 2. The normalized spacial score (nSPS) is 11.0. The molecule has 0 saturated heterocycles. The van der Waals surface area contributed by atoms with E-state index >= 15 is 0 Å². The van der Waals surface area contributed by atoms with E-state index in [-0.39, 0.29) is 0 Å². The molecule has 0 N–H and O–H groups in total. The van der Waals surface area contributed by atoms with Crippen LogP contribution in [-0.2, 0) is 6.54 Å². The Kier molecular flexibility index (Phi) is 3.56. The summed E-state index contributed by atoms with van der Waals surface area (Å²) in [6.45, 7) is 0.745. The molecule has 4 heteroatoms. The molecular weight excluding hydrogens is 306 g/mol. The number of benzene rings is 2. The molecule has 4 aromatic rings. The number of hydrogen-bond acceptors (Lipinski definition) is 2. The number of halogens is 1. The Hall–Kier alpha value is -2.65. The van der Waals surface area contributed by atoms with Gasteiger partial charge in [0.05, 0.1) is 11.0 Å². The Morgan fingerprint density at radius 1 is 0.870 bits per heavy atom. The quantitative estimate of drug-likeness (QED) is 0.543. The fourth-order valence-electron chi connectivity index (χ4n) is 2.73. The Balaban J connectivity index is 1.87. The van der Waals surface area contributed by atoms with Crippen molar-refractivity contribution in [1.82, 2.24) is 14.5 Å². The Bertz CT molecular complexity index is 943. The molecule has 2 heterocycles. The maximum Gasteiger partial charge on any atom is 0.141 e. The second-order valence-electron chi connectivity index (χ2n) is 5.37. The second kappa shape index (κ2) is 5.86. The van der Waals surface area contributed by atoms with Gasteiger partial charge in [0.1, 0.15) is 5.82 Å². The maximum absolute atomic E-state index is 5.99. The van der Waals surface area contributed by atoms with Crippen molar-refractivity contribution in [1.29, 1.82) is 0 Å². The largest absolute Gasteiger partial charge is 0.319 e. The van der Waals surface area contributed by atoms with Crippen molar-refractivity contribution in [2.45, 2.75) is 6.54 Å². The van der Waals surface area contributed by atoms with Gasteiger partial charge in [0.2, 0.25) is 0 Å². The Labute approximate surface area is 139 Å². The smallest absolute Gasteiger partial charge is 0.141 e. The molecule has 0 fully saturated rings. The van der Waals surface area contributed by atoms with Gasteiger partial charge in [0.25, 0.3) is 0 Å². The minimum atomic E-state index is 0.745. The zero-order chi connectivity index (χ0) is 15.6. The highest BCUT2D eigenvalue weighted by Crippen LogP contribution is 2.25. The third-order valence-corrected chi connectivity index (χ3v) is 4.10. The third-order valence-electron chi connectivity index (χ3n) is 3.85. The molecule has 3 nitrogen and oxygen atoms in total. The van der Waals surface area contributed by atoms with Crippen LogP contribution >= 0.6 is 11.6 Å². The van der Waals surface area contributed by atoms with Crippen LogP contribution in [0.15, 0.2) is 73.1 Å². The van der Waals surface area contributed by atoms with Crippen molar-refractivity contribution >= 4 is 22.6 Å². The van der Waals surface area contributed by atoms with Crippen LogP contribution in [0.4, 0.5) is 0 Å². The summed E-state index contributed by atoms with van der Waals surface area (Å²) in [6, 6.07) is 20.1. The fraction of sp³-hybridized carbons (Fsp3) is 0.0526. The van der Waals surface area contributed by atoms with Crippen molar-refractivity contribution in [2.75, 3.05) is 0 Å². The molecule has 0 atom stereocenters. The van der Waals surface area contributed by atoms with Gasteiger partial charge >= 0.3 is 0 Å². The minimum absolute atomic E-state index is 0.745. The number of hydrogen-bond donors (Lipinski definition) is 0. The van der Waals surface area contributed by atoms with E-state index in [1.807, 2.05) is 54.6 Å². The molecule has 0 aliphatic carbocycles. The van der Waals surface area contributed by atoms with E-state index < -0.39 is 0 Å². The van der Waals surface area contributed by atoms with Gasteiger partial charge in [-0.3, -0.25) is 4.98 Å². The molecule has 23 heavy (non-hydrogen) atoms. The van der Waals surface area contributed by atoms with E-state index in [1.54, 1.807) is 12.4 Å². The maximum atomic E-state index is 5.99. The van der Waals surface area contributed by atoms with Crippen LogP contribution in [0.5, 0.6) is 0 Å². The molecule has 2 aromatic carbocycles. The van der Waals surface area contributed by atoms with Gasteiger partial charge in [-0.2, -0.15) is 0 Å². The van der Waals surface area contributed by atoms with Crippen LogP contribution in [0, 0.1) is 0 Å². The first kappa shape index (κ1) is 14.0. The number of rotatable bonds is 3. The Morgan fingerprint density at radius 3 is 2.39 bits per heavy atom. The predicted molar refractivity (Wildman–Crippen MR) is 93.5 cm³/mol. The third kappa shape index (κ3) is 2.71. The molecule has 0 aliphatic rings. The van der Waals surface area contributed by atoms with Crippen molar-refractivity contribution in [3.63, 3.8) is 0 Å². The number of nitrogens with zero attached hydrogens (tertiary/aromatic N) is 3. The molecule has 0 radical (unpaired) electrons. The molecule has 0 spiro atoms. The fourth-order valence-corrected chi connectivity index (χ4v) is 2.86. The summed E-state index contributed by atoms with van der Waals surface area (Å²) >= 11 is 5.99. The number of aromatic nitrogens is 3. The number of pyridine rings is 1. The van der Waals surface area contributed by atoms with Gasteiger partial charge in [0, 0.05) is 29.5 Å². The highest BCUT2D eigenvalue weighted by Gasteiger charge is 2.12. The van der Waals surface area contributed by atoms with Crippen molar-refractivity contribution in [3.05, 3.63) is 83.6 Å². The molecule has 112 valence electrons. The summed E-state index contributed by atoms with van der Waals surface area (Å²) < 4.78 is 2.23. The molecule has 0 bridgehead atoms. The van der Waals surface area contributed by atoms with Crippen LogP contribution in [0.3, 0.4) is 0 Å². The van der Waals surface area contributed by atoms with Crippen LogP contribution < -0.4 is 0 Å². The van der Waals surface area contributed by atoms with Crippen LogP contribution in [0.2, 0.25) is 5.02 Å². The summed E-state index contributed by atoms with van der Waals surface area (Å²) in [5, 5.41) is 0.749. The van der Waals surface area contributed by atoms with Gasteiger partial charge in [0.15, 0.2) is 0 Å². The van der Waals surface area contributed by atoms with Crippen molar-refractivity contribution < 1.29 is 0 Å². The molecular formula is C19H14ClN3. The summed E-state index contributed by atoms with van der Waals surface area (Å²) in [4.78, 5) is 8.90. The average Bonchev–Trinajstić information content (AvgIpc) is 2.96. The second-order valence-corrected chi connectivity index (χ2v) is 5.81.